The number of aliphatic hydroxyl groups is 2. The standard InChI is InChI=1S/C25H44N2O4/c1-2-3-4-5-6-10-19(25(26)29)20-17-23-24(31-16-15-30-23)18-21(20)22(28)11-9-14-27-12-7-8-13-27/h18-19,22-23,25,28-29H,2-17,26H2,1H3/t19?,22-,23?,25?/m0/s1. The summed E-state index contributed by atoms with van der Waals surface area (Å²) in [6, 6.07) is 0. The summed E-state index contributed by atoms with van der Waals surface area (Å²) in [6.07, 6.45) is 12.0. The van der Waals surface area contributed by atoms with E-state index in [-0.39, 0.29) is 12.0 Å². The Bertz CT molecular complexity index is 598. The molecule has 1 aliphatic carbocycles. The lowest BCUT2D eigenvalue weighted by Crippen LogP contribution is -2.37. The average Bonchev–Trinajstić information content (AvgIpc) is 3.28. The van der Waals surface area contributed by atoms with Crippen molar-refractivity contribution >= 4 is 0 Å². The van der Waals surface area contributed by atoms with E-state index in [0.29, 0.717) is 26.1 Å². The van der Waals surface area contributed by atoms with Crippen molar-refractivity contribution in [3.05, 3.63) is 23.0 Å². The van der Waals surface area contributed by atoms with E-state index >= 15 is 0 Å². The minimum absolute atomic E-state index is 0.120. The first-order chi connectivity index (χ1) is 15.1. The van der Waals surface area contributed by atoms with Gasteiger partial charge in [-0.15, -0.1) is 0 Å². The summed E-state index contributed by atoms with van der Waals surface area (Å²) >= 11 is 0. The molecule has 3 aliphatic rings. The highest BCUT2D eigenvalue weighted by atomic mass is 16.6. The molecule has 6 nitrogen and oxygen atoms in total. The summed E-state index contributed by atoms with van der Waals surface area (Å²) in [6.45, 7) is 6.75. The van der Waals surface area contributed by atoms with Crippen LogP contribution < -0.4 is 5.73 Å². The van der Waals surface area contributed by atoms with Crippen LogP contribution in [0.4, 0.5) is 0 Å². The summed E-state index contributed by atoms with van der Waals surface area (Å²) in [5, 5.41) is 21.6. The second kappa shape index (κ2) is 12.9. The first-order valence-corrected chi connectivity index (χ1v) is 12.6. The highest BCUT2D eigenvalue weighted by Crippen LogP contribution is 2.38. The third kappa shape index (κ3) is 7.29. The summed E-state index contributed by atoms with van der Waals surface area (Å²) in [7, 11) is 0. The van der Waals surface area contributed by atoms with Crippen molar-refractivity contribution in [3.63, 3.8) is 0 Å². The monoisotopic (exact) mass is 436 g/mol. The van der Waals surface area contributed by atoms with Gasteiger partial charge >= 0.3 is 0 Å². The molecule has 2 fully saturated rings. The molecule has 4 N–H and O–H groups in total. The largest absolute Gasteiger partial charge is 0.493 e. The fraction of sp³-hybridized carbons (Fsp3) is 0.840. The smallest absolute Gasteiger partial charge is 0.126 e. The Morgan fingerprint density at radius 1 is 1.06 bits per heavy atom. The number of likely N-dealkylation sites (tertiary alicyclic amines) is 1. The Balaban J connectivity index is 1.70. The van der Waals surface area contributed by atoms with Gasteiger partial charge in [-0.05, 0) is 63.4 Å². The summed E-state index contributed by atoms with van der Waals surface area (Å²) < 4.78 is 11.8. The number of hydrogen-bond donors (Lipinski definition) is 3. The van der Waals surface area contributed by atoms with E-state index in [0.717, 1.165) is 49.1 Å². The van der Waals surface area contributed by atoms with Crippen LogP contribution >= 0.6 is 0 Å². The molecule has 0 aromatic rings. The zero-order valence-corrected chi connectivity index (χ0v) is 19.4. The number of aliphatic hydroxyl groups excluding tert-OH is 2. The fourth-order valence-electron chi connectivity index (χ4n) is 5.25. The third-order valence-corrected chi connectivity index (χ3v) is 7.05. The molecule has 3 unspecified atom stereocenters. The van der Waals surface area contributed by atoms with Crippen molar-refractivity contribution in [3.8, 4) is 0 Å². The van der Waals surface area contributed by atoms with E-state index < -0.39 is 12.3 Å². The molecule has 0 saturated carbocycles. The van der Waals surface area contributed by atoms with Crippen molar-refractivity contribution in [2.75, 3.05) is 32.8 Å². The van der Waals surface area contributed by atoms with Gasteiger partial charge in [0, 0.05) is 12.3 Å². The normalized spacial score (nSPS) is 25.0. The van der Waals surface area contributed by atoms with Gasteiger partial charge < -0.3 is 30.3 Å². The SMILES string of the molecule is CCCCCCCC(C1=C([C@@H](O)CCCN2CCCC2)C=C2OCCOC2C1)C(N)O. The van der Waals surface area contributed by atoms with Gasteiger partial charge in [-0.3, -0.25) is 0 Å². The third-order valence-electron chi connectivity index (χ3n) is 7.05. The lowest BCUT2D eigenvalue weighted by atomic mass is 9.79. The van der Waals surface area contributed by atoms with Gasteiger partial charge in [-0.25, -0.2) is 0 Å². The molecule has 0 radical (unpaired) electrons. The number of nitrogens with zero attached hydrogens (tertiary/aromatic N) is 1. The van der Waals surface area contributed by atoms with Gasteiger partial charge in [0.1, 0.15) is 24.7 Å². The zero-order chi connectivity index (χ0) is 22.1. The van der Waals surface area contributed by atoms with Gasteiger partial charge in [-0.2, -0.15) is 0 Å². The Labute approximate surface area is 188 Å². The van der Waals surface area contributed by atoms with Gasteiger partial charge in [0.2, 0.25) is 0 Å². The number of ether oxygens (including phenoxy) is 2. The molecule has 0 amide bonds. The predicted molar refractivity (Wildman–Crippen MR) is 123 cm³/mol. The van der Waals surface area contributed by atoms with Crippen molar-refractivity contribution in [1.29, 1.82) is 0 Å². The Morgan fingerprint density at radius 2 is 1.84 bits per heavy atom. The van der Waals surface area contributed by atoms with Gasteiger partial charge in [0.05, 0.1) is 12.7 Å². The molecule has 31 heavy (non-hydrogen) atoms. The van der Waals surface area contributed by atoms with Crippen LogP contribution in [0, 0.1) is 5.92 Å². The molecular weight excluding hydrogens is 392 g/mol. The van der Waals surface area contributed by atoms with E-state index in [2.05, 4.69) is 11.8 Å². The van der Waals surface area contributed by atoms with Crippen LogP contribution in [-0.4, -0.2) is 66.4 Å². The maximum Gasteiger partial charge on any atom is 0.126 e. The molecule has 2 saturated heterocycles. The molecule has 0 aromatic carbocycles. The molecule has 2 heterocycles. The Kier molecular flexibility index (Phi) is 10.3. The van der Waals surface area contributed by atoms with Gasteiger partial charge in [0.15, 0.2) is 0 Å². The fourth-order valence-corrected chi connectivity index (χ4v) is 5.25. The lowest BCUT2D eigenvalue weighted by molar-refractivity contribution is -0.0457. The number of unbranched alkanes of at least 4 members (excludes halogenated alkanes) is 4. The first-order valence-electron chi connectivity index (χ1n) is 12.6. The molecule has 2 aliphatic heterocycles. The van der Waals surface area contributed by atoms with Crippen LogP contribution in [0.2, 0.25) is 0 Å². The van der Waals surface area contributed by atoms with Crippen molar-refractivity contribution in [2.45, 2.75) is 96.0 Å². The number of nitrogens with two attached hydrogens (primary N) is 1. The van der Waals surface area contributed by atoms with Crippen LogP contribution in [0.1, 0.15) is 77.6 Å². The molecule has 0 bridgehead atoms. The van der Waals surface area contributed by atoms with E-state index in [1.165, 1.54) is 45.2 Å². The quantitative estimate of drug-likeness (QED) is 0.303. The molecule has 4 atom stereocenters. The summed E-state index contributed by atoms with van der Waals surface area (Å²) in [4.78, 5) is 2.48. The van der Waals surface area contributed by atoms with Gasteiger partial charge in [0.25, 0.3) is 0 Å². The molecule has 6 heteroatoms. The van der Waals surface area contributed by atoms with E-state index in [4.69, 9.17) is 15.2 Å². The highest BCUT2D eigenvalue weighted by Gasteiger charge is 2.34. The topological polar surface area (TPSA) is 88.2 Å². The highest BCUT2D eigenvalue weighted by molar-refractivity contribution is 5.39. The van der Waals surface area contributed by atoms with E-state index in [1.807, 2.05) is 6.08 Å². The van der Waals surface area contributed by atoms with Gasteiger partial charge in [-0.1, -0.05) is 44.6 Å². The average molecular weight is 437 g/mol. The zero-order valence-electron chi connectivity index (χ0n) is 19.4. The minimum atomic E-state index is -0.924. The summed E-state index contributed by atoms with van der Waals surface area (Å²) in [5.74, 6) is 0.671. The maximum absolute atomic E-state index is 11.1. The van der Waals surface area contributed by atoms with Crippen LogP contribution in [0.3, 0.4) is 0 Å². The van der Waals surface area contributed by atoms with Crippen LogP contribution in [0.25, 0.3) is 0 Å². The Hall–Kier alpha value is -0.920. The second-order valence-electron chi connectivity index (χ2n) is 9.45. The van der Waals surface area contributed by atoms with Crippen molar-refractivity contribution in [1.82, 2.24) is 4.90 Å². The predicted octanol–water partition coefficient (Wildman–Crippen LogP) is 3.48. The van der Waals surface area contributed by atoms with Crippen LogP contribution in [-0.2, 0) is 9.47 Å². The van der Waals surface area contributed by atoms with E-state index in [1.54, 1.807) is 0 Å². The number of rotatable bonds is 13. The molecule has 0 aromatic heterocycles. The molecular formula is C25H44N2O4. The van der Waals surface area contributed by atoms with Crippen molar-refractivity contribution in [2.24, 2.45) is 11.7 Å². The van der Waals surface area contributed by atoms with Crippen LogP contribution in [0.15, 0.2) is 23.0 Å². The first kappa shape index (κ1) is 24.7. The number of fused-ring (bicyclic) bond motifs is 1. The Morgan fingerprint density at radius 3 is 2.58 bits per heavy atom. The molecule has 0 spiro atoms. The molecule has 3 rings (SSSR count). The van der Waals surface area contributed by atoms with Crippen LogP contribution in [0.5, 0.6) is 0 Å². The second-order valence-corrected chi connectivity index (χ2v) is 9.45. The molecule has 178 valence electrons. The minimum Gasteiger partial charge on any atom is -0.493 e. The maximum atomic E-state index is 11.1. The van der Waals surface area contributed by atoms with Crippen molar-refractivity contribution < 1.29 is 19.7 Å². The lowest BCUT2D eigenvalue weighted by Gasteiger charge is -2.36. The number of hydrogen-bond acceptors (Lipinski definition) is 6. The van der Waals surface area contributed by atoms with E-state index in [9.17, 15) is 10.2 Å². The summed E-state index contributed by atoms with van der Waals surface area (Å²) in [5.41, 5.74) is 8.03.